The number of rotatable bonds is 6. The predicted octanol–water partition coefficient (Wildman–Crippen LogP) is 2.67. The zero-order chi connectivity index (χ0) is 21.8. The summed E-state index contributed by atoms with van der Waals surface area (Å²) in [6.07, 6.45) is 0. The fourth-order valence-electron chi connectivity index (χ4n) is 3.77. The molecule has 1 aromatic carbocycles. The Bertz CT molecular complexity index is 960. The van der Waals surface area contributed by atoms with Gasteiger partial charge in [-0.15, -0.1) is 0 Å². The van der Waals surface area contributed by atoms with Crippen LogP contribution in [0.4, 0.5) is 5.69 Å². The zero-order valence-electron chi connectivity index (χ0n) is 17.4. The minimum Gasteiger partial charge on any atom is -0.462 e. The lowest BCUT2D eigenvalue weighted by Crippen LogP contribution is -2.48. The molecule has 0 bridgehead atoms. The first-order valence-electron chi connectivity index (χ1n) is 9.93. The average molecular weight is 414 g/mol. The van der Waals surface area contributed by atoms with Crippen LogP contribution in [0.1, 0.15) is 44.6 Å². The molecular formula is C21H26N4O5. The molecule has 1 aromatic heterocycles. The number of hydrogen-bond donors (Lipinski definition) is 1. The van der Waals surface area contributed by atoms with E-state index in [-0.39, 0.29) is 18.2 Å². The van der Waals surface area contributed by atoms with Gasteiger partial charge < -0.3 is 14.6 Å². The van der Waals surface area contributed by atoms with Crippen LogP contribution in [0.25, 0.3) is 0 Å². The van der Waals surface area contributed by atoms with E-state index in [1.165, 1.54) is 6.07 Å². The largest absolute Gasteiger partial charge is 0.462 e. The SMILES string of the molecule is CCOC(=O)c1c(C)[nH]c(C(=O)N2CCN(Cc3cccc([N+](=O)[O-])c3)CC2)c1C. The van der Waals surface area contributed by atoms with Crippen molar-refractivity contribution in [2.75, 3.05) is 32.8 Å². The third-order valence-corrected chi connectivity index (χ3v) is 5.32. The van der Waals surface area contributed by atoms with Crippen LogP contribution >= 0.6 is 0 Å². The summed E-state index contributed by atoms with van der Waals surface area (Å²) in [5, 5.41) is 10.9. The van der Waals surface area contributed by atoms with Crippen molar-refractivity contribution < 1.29 is 19.2 Å². The lowest BCUT2D eigenvalue weighted by Gasteiger charge is -2.34. The maximum atomic E-state index is 13.0. The monoisotopic (exact) mass is 414 g/mol. The van der Waals surface area contributed by atoms with E-state index in [1.54, 1.807) is 37.8 Å². The number of nitrogens with zero attached hydrogens (tertiary/aromatic N) is 3. The summed E-state index contributed by atoms with van der Waals surface area (Å²) >= 11 is 0. The van der Waals surface area contributed by atoms with Crippen LogP contribution in [0.5, 0.6) is 0 Å². The second-order valence-corrected chi connectivity index (χ2v) is 7.34. The number of nitro benzene ring substituents is 1. The standard InChI is InChI=1S/C21H26N4O5/c1-4-30-21(27)18-14(2)19(22-15(18)3)20(26)24-10-8-23(9-11-24)13-16-6-5-7-17(12-16)25(28)29/h5-7,12,22H,4,8-11,13H2,1-3H3. The molecule has 2 aromatic rings. The van der Waals surface area contributed by atoms with E-state index < -0.39 is 10.9 Å². The average Bonchev–Trinajstić information content (AvgIpc) is 3.02. The van der Waals surface area contributed by atoms with Gasteiger partial charge in [0, 0.05) is 50.6 Å². The number of carbonyl (C=O) groups excluding carboxylic acids is 2. The summed E-state index contributed by atoms with van der Waals surface area (Å²) in [5.74, 6) is -0.564. The van der Waals surface area contributed by atoms with Crippen LogP contribution in [-0.2, 0) is 11.3 Å². The second-order valence-electron chi connectivity index (χ2n) is 7.34. The van der Waals surface area contributed by atoms with Crippen LogP contribution in [-0.4, -0.2) is 64.4 Å². The van der Waals surface area contributed by atoms with Crippen molar-refractivity contribution in [3.63, 3.8) is 0 Å². The number of amides is 1. The molecule has 1 amide bonds. The number of benzene rings is 1. The molecule has 9 heteroatoms. The van der Waals surface area contributed by atoms with E-state index in [0.717, 1.165) is 5.56 Å². The number of piperazine rings is 1. The third-order valence-electron chi connectivity index (χ3n) is 5.32. The van der Waals surface area contributed by atoms with Gasteiger partial charge in [0.05, 0.1) is 17.1 Å². The Hall–Kier alpha value is -3.20. The Morgan fingerprint density at radius 3 is 2.53 bits per heavy atom. The van der Waals surface area contributed by atoms with Gasteiger partial charge in [0.15, 0.2) is 0 Å². The molecule has 1 fully saturated rings. The minimum absolute atomic E-state index is 0.0799. The number of nitrogens with one attached hydrogen (secondary N) is 1. The van der Waals surface area contributed by atoms with E-state index in [1.807, 2.05) is 6.07 Å². The highest BCUT2D eigenvalue weighted by Gasteiger charge is 2.28. The number of aromatic nitrogens is 1. The molecule has 1 aliphatic heterocycles. The molecule has 1 aliphatic rings. The number of nitro groups is 1. The molecule has 160 valence electrons. The number of hydrogen-bond acceptors (Lipinski definition) is 6. The van der Waals surface area contributed by atoms with Crippen molar-refractivity contribution >= 4 is 17.6 Å². The fraction of sp³-hybridized carbons (Fsp3) is 0.429. The van der Waals surface area contributed by atoms with Crippen molar-refractivity contribution in [2.45, 2.75) is 27.3 Å². The maximum Gasteiger partial charge on any atom is 0.340 e. The number of aryl methyl sites for hydroxylation is 1. The van der Waals surface area contributed by atoms with Gasteiger partial charge in [-0.2, -0.15) is 0 Å². The molecule has 0 atom stereocenters. The van der Waals surface area contributed by atoms with Gasteiger partial charge in [-0.3, -0.25) is 19.8 Å². The number of non-ortho nitro benzene ring substituents is 1. The Labute approximate surface area is 174 Å². The molecule has 0 spiro atoms. The summed E-state index contributed by atoms with van der Waals surface area (Å²) in [6, 6.07) is 6.61. The molecule has 2 heterocycles. The van der Waals surface area contributed by atoms with Gasteiger partial charge in [-0.25, -0.2) is 4.79 Å². The highest BCUT2D eigenvalue weighted by atomic mass is 16.6. The van der Waals surface area contributed by atoms with Gasteiger partial charge in [-0.05, 0) is 31.9 Å². The number of ether oxygens (including phenoxy) is 1. The van der Waals surface area contributed by atoms with Crippen LogP contribution < -0.4 is 0 Å². The van der Waals surface area contributed by atoms with E-state index in [4.69, 9.17) is 4.74 Å². The Morgan fingerprint density at radius 2 is 1.90 bits per heavy atom. The van der Waals surface area contributed by atoms with Crippen molar-refractivity contribution in [2.24, 2.45) is 0 Å². The number of H-pyrrole nitrogens is 1. The van der Waals surface area contributed by atoms with Crippen molar-refractivity contribution in [1.82, 2.24) is 14.8 Å². The summed E-state index contributed by atoms with van der Waals surface area (Å²) in [6.45, 7) is 8.54. The molecule has 1 N–H and O–H groups in total. The summed E-state index contributed by atoms with van der Waals surface area (Å²) in [7, 11) is 0. The van der Waals surface area contributed by atoms with E-state index >= 15 is 0 Å². The number of esters is 1. The Balaban J connectivity index is 1.63. The smallest absolute Gasteiger partial charge is 0.340 e. The maximum absolute atomic E-state index is 13.0. The van der Waals surface area contributed by atoms with Crippen LogP contribution in [0.2, 0.25) is 0 Å². The lowest BCUT2D eigenvalue weighted by molar-refractivity contribution is -0.384. The van der Waals surface area contributed by atoms with Crippen LogP contribution in [0, 0.1) is 24.0 Å². The molecule has 3 rings (SSSR count). The molecule has 30 heavy (non-hydrogen) atoms. The third kappa shape index (κ3) is 4.51. The summed E-state index contributed by atoms with van der Waals surface area (Å²) in [5.41, 5.74) is 3.02. The second kappa shape index (κ2) is 9.08. The molecule has 9 nitrogen and oxygen atoms in total. The van der Waals surface area contributed by atoms with Gasteiger partial charge >= 0.3 is 5.97 Å². The Morgan fingerprint density at radius 1 is 1.20 bits per heavy atom. The van der Waals surface area contributed by atoms with Crippen molar-refractivity contribution in [3.8, 4) is 0 Å². The lowest BCUT2D eigenvalue weighted by atomic mass is 10.1. The summed E-state index contributed by atoms with van der Waals surface area (Å²) < 4.78 is 5.09. The van der Waals surface area contributed by atoms with Gasteiger partial charge in [0.2, 0.25) is 0 Å². The van der Waals surface area contributed by atoms with Crippen molar-refractivity contribution in [1.29, 1.82) is 0 Å². The quantitative estimate of drug-likeness (QED) is 0.442. The molecule has 0 saturated carbocycles. The highest BCUT2D eigenvalue weighted by Crippen LogP contribution is 2.22. The molecule has 0 radical (unpaired) electrons. The topological polar surface area (TPSA) is 109 Å². The number of aromatic amines is 1. The first-order valence-corrected chi connectivity index (χ1v) is 9.93. The van der Waals surface area contributed by atoms with E-state index in [2.05, 4.69) is 9.88 Å². The van der Waals surface area contributed by atoms with Crippen LogP contribution in [0.15, 0.2) is 24.3 Å². The highest BCUT2D eigenvalue weighted by molar-refractivity contribution is 6.00. The minimum atomic E-state index is -0.426. The molecule has 0 aliphatic carbocycles. The van der Waals surface area contributed by atoms with Gasteiger partial charge in [0.25, 0.3) is 11.6 Å². The molecule has 1 saturated heterocycles. The zero-order valence-corrected chi connectivity index (χ0v) is 17.4. The molecular weight excluding hydrogens is 388 g/mol. The van der Waals surface area contributed by atoms with Gasteiger partial charge in [0.1, 0.15) is 5.69 Å². The number of carbonyl (C=O) groups is 2. The van der Waals surface area contributed by atoms with Crippen molar-refractivity contribution in [3.05, 3.63) is 62.5 Å². The van der Waals surface area contributed by atoms with Gasteiger partial charge in [-0.1, -0.05) is 12.1 Å². The first-order chi connectivity index (χ1) is 14.3. The fourth-order valence-corrected chi connectivity index (χ4v) is 3.77. The van der Waals surface area contributed by atoms with E-state index in [0.29, 0.717) is 55.2 Å². The predicted molar refractivity (Wildman–Crippen MR) is 111 cm³/mol. The normalized spacial score (nSPS) is 14.6. The van der Waals surface area contributed by atoms with Crippen LogP contribution in [0.3, 0.4) is 0 Å². The summed E-state index contributed by atoms with van der Waals surface area (Å²) in [4.78, 5) is 42.7. The first kappa shape index (κ1) is 21.5. The molecule has 0 unspecified atom stereocenters. The Kier molecular flexibility index (Phi) is 6.51. The van der Waals surface area contributed by atoms with E-state index in [9.17, 15) is 19.7 Å².